The Morgan fingerprint density at radius 1 is 0.950 bits per heavy atom. The summed E-state index contributed by atoms with van der Waals surface area (Å²) in [6.45, 7) is 0.352. The second-order valence-corrected chi connectivity index (χ2v) is 4.91. The molecule has 0 heterocycles. The maximum atomic E-state index is 13.0. The molecule has 0 aromatic heterocycles. The lowest BCUT2D eigenvalue weighted by Gasteiger charge is -2.11. The van der Waals surface area contributed by atoms with E-state index in [1.807, 2.05) is 18.2 Å². The van der Waals surface area contributed by atoms with Gasteiger partial charge in [-0.2, -0.15) is 0 Å². The monoisotopic (exact) mass is 340 g/mol. The first-order chi connectivity index (χ1) is 9.63. The molecule has 0 aliphatic heterocycles. The Kier molecular flexibility index (Phi) is 4.84. The number of halogens is 2. The molecule has 0 amide bonds. The van der Waals surface area contributed by atoms with Crippen LogP contribution in [0.3, 0.4) is 0 Å². The minimum absolute atomic E-state index is 0.310. The van der Waals surface area contributed by atoms with Crippen LogP contribution in [0.15, 0.2) is 40.9 Å². The van der Waals surface area contributed by atoms with Crippen molar-refractivity contribution in [3.63, 3.8) is 0 Å². The van der Waals surface area contributed by atoms with Crippen molar-refractivity contribution in [1.82, 2.24) is 0 Å². The third-order valence-corrected chi connectivity index (χ3v) is 3.36. The van der Waals surface area contributed by atoms with Gasteiger partial charge in [0.05, 0.1) is 18.7 Å². The number of hydrogen-bond acceptors (Lipinski definition) is 3. The summed E-state index contributed by atoms with van der Waals surface area (Å²) in [5, 5.41) is 0. The number of ether oxygens (including phenoxy) is 3. The topological polar surface area (TPSA) is 27.7 Å². The van der Waals surface area contributed by atoms with Crippen molar-refractivity contribution >= 4 is 15.9 Å². The lowest BCUT2D eigenvalue weighted by Crippen LogP contribution is -1.98. The summed E-state index contributed by atoms with van der Waals surface area (Å²) in [4.78, 5) is 0. The molecule has 2 aromatic carbocycles. The van der Waals surface area contributed by atoms with Gasteiger partial charge in [0, 0.05) is 0 Å². The SMILES string of the molecule is COc1ccc(COc2ccc(F)cc2Br)cc1OC. The molecule has 0 saturated carbocycles. The molecule has 3 nitrogen and oxygen atoms in total. The van der Waals surface area contributed by atoms with Crippen molar-refractivity contribution in [3.05, 3.63) is 52.3 Å². The Balaban J connectivity index is 2.10. The average molecular weight is 341 g/mol. The van der Waals surface area contributed by atoms with Crippen molar-refractivity contribution in [2.24, 2.45) is 0 Å². The molecule has 0 saturated heterocycles. The second-order valence-electron chi connectivity index (χ2n) is 4.05. The van der Waals surface area contributed by atoms with Gasteiger partial charge in [-0.25, -0.2) is 4.39 Å². The van der Waals surface area contributed by atoms with Crippen LogP contribution in [0.1, 0.15) is 5.56 Å². The predicted octanol–water partition coefficient (Wildman–Crippen LogP) is 4.18. The summed E-state index contributed by atoms with van der Waals surface area (Å²) in [5.41, 5.74) is 0.930. The largest absolute Gasteiger partial charge is 0.493 e. The molecule has 0 aliphatic rings. The Hall–Kier alpha value is -1.75. The fourth-order valence-electron chi connectivity index (χ4n) is 1.72. The number of rotatable bonds is 5. The highest BCUT2D eigenvalue weighted by Crippen LogP contribution is 2.29. The van der Waals surface area contributed by atoms with E-state index in [2.05, 4.69) is 15.9 Å². The van der Waals surface area contributed by atoms with E-state index in [9.17, 15) is 4.39 Å². The van der Waals surface area contributed by atoms with E-state index >= 15 is 0 Å². The lowest BCUT2D eigenvalue weighted by molar-refractivity contribution is 0.301. The minimum Gasteiger partial charge on any atom is -0.493 e. The fourth-order valence-corrected chi connectivity index (χ4v) is 2.19. The standard InChI is InChI=1S/C15H14BrFO3/c1-18-14-5-3-10(7-15(14)19-2)9-20-13-6-4-11(17)8-12(13)16/h3-8H,9H2,1-2H3. The minimum atomic E-state index is -0.310. The molecule has 0 unspecified atom stereocenters. The van der Waals surface area contributed by atoms with Gasteiger partial charge >= 0.3 is 0 Å². The molecule has 5 heteroatoms. The quantitative estimate of drug-likeness (QED) is 0.816. The molecular formula is C15H14BrFO3. The number of benzene rings is 2. The van der Waals surface area contributed by atoms with Crippen LogP contribution in [0, 0.1) is 5.82 Å². The molecule has 0 aliphatic carbocycles. The van der Waals surface area contributed by atoms with E-state index in [1.165, 1.54) is 12.1 Å². The van der Waals surface area contributed by atoms with Crippen molar-refractivity contribution in [3.8, 4) is 17.2 Å². The lowest BCUT2D eigenvalue weighted by atomic mass is 10.2. The Morgan fingerprint density at radius 3 is 2.30 bits per heavy atom. The van der Waals surface area contributed by atoms with Crippen LogP contribution in [0.25, 0.3) is 0 Å². The molecule has 0 radical (unpaired) electrons. The van der Waals surface area contributed by atoms with Crippen LogP contribution in [0.5, 0.6) is 17.2 Å². The molecule has 106 valence electrons. The van der Waals surface area contributed by atoms with Gasteiger partial charge in [0.1, 0.15) is 18.2 Å². The number of methoxy groups -OCH3 is 2. The van der Waals surface area contributed by atoms with Crippen LogP contribution in [0.4, 0.5) is 4.39 Å². The summed E-state index contributed by atoms with van der Waals surface area (Å²) in [6.07, 6.45) is 0. The smallest absolute Gasteiger partial charge is 0.161 e. The van der Waals surface area contributed by atoms with Crippen molar-refractivity contribution in [1.29, 1.82) is 0 Å². The van der Waals surface area contributed by atoms with E-state index < -0.39 is 0 Å². The third-order valence-electron chi connectivity index (χ3n) is 2.74. The first-order valence-corrected chi connectivity index (χ1v) is 6.72. The molecule has 2 rings (SSSR count). The van der Waals surface area contributed by atoms with Crippen LogP contribution in [-0.2, 0) is 6.61 Å². The summed E-state index contributed by atoms with van der Waals surface area (Å²) in [5.74, 6) is 1.59. The average Bonchev–Trinajstić information content (AvgIpc) is 2.46. The van der Waals surface area contributed by atoms with E-state index in [-0.39, 0.29) is 5.82 Å². The van der Waals surface area contributed by atoms with Gasteiger partial charge in [-0.3, -0.25) is 0 Å². The maximum absolute atomic E-state index is 13.0. The molecule has 0 spiro atoms. The Morgan fingerprint density at radius 2 is 1.65 bits per heavy atom. The zero-order valence-electron chi connectivity index (χ0n) is 11.2. The second kappa shape index (κ2) is 6.61. The van der Waals surface area contributed by atoms with Crippen molar-refractivity contribution in [2.75, 3.05) is 14.2 Å². The molecule has 0 fully saturated rings. The number of hydrogen-bond donors (Lipinski definition) is 0. The van der Waals surface area contributed by atoms with Crippen LogP contribution in [0.2, 0.25) is 0 Å². The predicted molar refractivity (Wildman–Crippen MR) is 78.0 cm³/mol. The van der Waals surface area contributed by atoms with Crippen LogP contribution in [-0.4, -0.2) is 14.2 Å². The van der Waals surface area contributed by atoms with Gasteiger partial charge in [0.15, 0.2) is 11.5 Å². The van der Waals surface area contributed by atoms with Crippen LogP contribution >= 0.6 is 15.9 Å². The first kappa shape index (κ1) is 14.7. The van der Waals surface area contributed by atoms with Gasteiger partial charge in [0.2, 0.25) is 0 Å². The summed E-state index contributed by atoms with van der Waals surface area (Å²) >= 11 is 3.26. The summed E-state index contributed by atoms with van der Waals surface area (Å²) < 4.78 is 29.6. The highest BCUT2D eigenvalue weighted by atomic mass is 79.9. The fraction of sp³-hybridized carbons (Fsp3) is 0.200. The molecule has 2 aromatic rings. The maximum Gasteiger partial charge on any atom is 0.161 e. The van der Waals surface area contributed by atoms with E-state index in [1.54, 1.807) is 20.3 Å². The van der Waals surface area contributed by atoms with E-state index in [4.69, 9.17) is 14.2 Å². The first-order valence-electron chi connectivity index (χ1n) is 5.93. The molecule has 0 N–H and O–H groups in total. The summed E-state index contributed by atoms with van der Waals surface area (Å²) in [7, 11) is 3.17. The molecule has 20 heavy (non-hydrogen) atoms. The van der Waals surface area contributed by atoms with Crippen molar-refractivity contribution in [2.45, 2.75) is 6.61 Å². The Labute approximate surface area is 125 Å². The van der Waals surface area contributed by atoms with Gasteiger partial charge < -0.3 is 14.2 Å². The zero-order valence-corrected chi connectivity index (χ0v) is 12.7. The highest BCUT2D eigenvalue weighted by Gasteiger charge is 2.07. The normalized spacial score (nSPS) is 10.2. The zero-order chi connectivity index (χ0) is 14.5. The van der Waals surface area contributed by atoms with E-state index in [0.29, 0.717) is 28.3 Å². The van der Waals surface area contributed by atoms with Gasteiger partial charge in [-0.05, 0) is 51.8 Å². The summed E-state index contributed by atoms with van der Waals surface area (Å²) in [6, 6.07) is 9.85. The molecule has 0 bridgehead atoms. The third kappa shape index (κ3) is 3.42. The van der Waals surface area contributed by atoms with E-state index in [0.717, 1.165) is 5.56 Å². The van der Waals surface area contributed by atoms with Gasteiger partial charge in [-0.15, -0.1) is 0 Å². The highest BCUT2D eigenvalue weighted by molar-refractivity contribution is 9.10. The Bertz CT molecular complexity index is 602. The molecule has 0 atom stereocenters. The molecular weight excluding hydrogens is 327 g/mol. The van der Waals surface area contributed by atoms with Crippen LogP contribution < -0.4 is 14.2 Å². The van der Waals surface area contributed by atoms with Gasteiger partial charge in [0.25, 0.3) is 0 Å². The van der Waals surface area contributed by atoms with Crippen molar-refractivity contribution < 1.29 is 18.6 Å². The van der Waals surface area contributed by atoms with Gasteiger partial charge in [-0.1, -0.05) is 6.07 Å².